The van der Waals surface area contributed by atoms with Gasteiger partial charge in [0, 0.05) is 11.6 Å². The Kier molecular flexibility index (Phi) is 4.23. The van der Waals surface area contributed by atoms with Gasteiger partial charge in [0.05, 0.1) is 6.10 Å². The molecule has 1 fully saturated rings. The Hall–Kier alpha value is -1.09. The molecule has 0 heterocycles. The van der Waals surface area contributed by atoms with Gasteiger partial charge in [-0.2, -0.15) is 0 Å². The van der Waals surface area contributed by atoms with Crippen molar-refractivity contribution in [3.63, 3.8) is 0 Å². The molecule has 2 N–H and O–H groups in total. The van der Waals surface area contributed by atoms with E-state index < -0.39 is 0 Å². The number of halogens is 1. The highest BCUT2D eigenvalue weighted by molar-refractivity contribution is 5.37. The maximum Gasteiger partial charge on any atom is 0.165 e. The molecule has 0 amide bonds. The van der Waals surface area contributed by atoms with E-state index in [-0.39, 0.29) is 18.0 Å². The lowest BCUT2D eigenvalue weighted by Crippen LogP contribution is -2.25. The number of nitrogens with two attached hydrogens (primary N) is 1. The molecule has 0 spiro atoms. The molecule has 0 aliphatic heterocycles. The van der Waals surface area contributed by atoms with Crippen molar-refractivity contribution in [3.8, 4) is 5.75 Å². The maximum atomic E-state index is 13.9. The van der Waals surface area contributed by atoms with E-state index in [4.69, 9.17) is 10.5 Å². The molecular formula is C15H22FNO. The first-order valence-corrected chi connectivity index (χ1v) is 6.78. The highest BCUT2D eigenvalue weighted by atomic mass is 19.1. The highest BCUT2D eigenvalue weighted by Gasteiger charge is 2.23. The monoisotopic (exact) mass is 251 g/mol. The van der Waals surface area contributed by atoms with E-state index in [1.807, 2.05) is 13.0 Å². The minimum Gasteiger partial charge on any atom is -0.487 e. The van der Waals surface area contributed by atoms with Crippen molar-refractivity contribution in [3.05, 3.63) is 29.6 Å². The van der Waals surface area contributed by atoms with E-state index in [9.17, 15) is 4.39 Å². The van der Waals surface area contributed by atoms with E-state index in [1.165, 1.54) is 12.5 Å². The fraction of sp³-hybridized carbons (Fsp3) is 0.600. The molecule has 0 radical (unpaired) electrons. The number of rotatable bonds is 3. The average molecular weight is 251 g/mol. The lowest BCUT2D eigenvalue weighted by Gasteiger charge is -2.28. The number of hydrogen-bond acceptors (Lipinski definition) is 2. The summed E-state index contributed by atoms with van der Waals surface area (Å²) in [6.45, 7) is 4.08. The molecule has 1 saturated carbocycles. The largest absolute Gasteiger partial charge is 0.487 e. The van der Waals surface area contributed by atoms with Crippen LogP contribution in [0.4, 0.5) is 4.39 Å². The molecule has 0 aromatic heterocycles. The molecule has 1 aromatic carbocycles. The molecular weight excluding hydrogens is 229 g/mol. The minimum atomic E-state index is -0.303. The van der Waals surface area contributed by atoms with E-state index in [2.05, 4.69) is 6.92 Å². The van der Waals surface area contributed by atoms with Crippen molar-refractivity contribution in [2.75, 3.05) is 0 Å². The molecule has 3 unspecified atom stereocenters. The fourth-order valence-electron chi connectivity index (χ4n) is 2.66. The number of hydrogen-bond donors (Lipinski definition) is 1. The summed E-state index contributed by atoms with van der Waals surface area (Å²) >= 11 is 0. The van der Waals surface area contributed by atoms with Crippen LogP contribution < -0.4 is 10.5 Å². The molecule has 18 heavy (non-hydrogen) atoms. The van der Waals surface area contributed by atoms with E-state index in [0.717, 1.165) is 24.8 Å². The number of ether oxygens (including phenoxy) is 1. The third kappa shape index (κ3) is 3.02. The van der Waals surface area contributed by atoms with Crippen LogP contribution in [-0.4, -0.2) is 6.10 Å². The quantitative estimate of drug-likeness (QED) is 0.886. The summed E-state index contributed by atoms with van der Waals surface area (Å²) in [5.41, 5.74) is 6.63. The normalized spacial score (nSPS) is 25.8. The van der Waals surface area contributed by atoms with Crippen LogP contribution in [0.1, 0.15) is 51.1 Å². The van der Waals surface area contributed by atoms with Crippen molar-refractivity contribution >= 4 is 0 Å². The first kappa shape index (κ1) is 13.3. The molecule has 1 aromatic rings. The summed E-state index contributed by atoms with van der Waals surface area (Å²) in [6, 6.07) is 4.75. The molecule has 3 heteroatoms. The molecule has 0 saturated heterocycles. The lowest BCUT2D eigenvalue weighted by atomic mass is 9.88. The van der Waals surface area contributed by atoms with Gasteiger partial charge in [0.25, 0.3) is 0 Å². The maximum absolute atomic E-state index is 13.9. The van der Waals surface area contributed by atoms with Crippen molar-refractivity contribution in [2.45, 2.75) is 51.7 Å². The SMILES string of the molecule is CC1CCCC(Oc2c(F)cccc2C(C)N)C1. The van der Waals surface area contributed by atoms with Crippen molar-refractivity contribution in [2.24, 2.45) is 11.7 Å². The second-order valence-electron chi connectivity index (χ2n) is 5.46. The third-order valence-corrected chi connectivity index (χ3v) is 3.66. The Morgan fingerprint density at radius 2 is 2.17 bits per heavy atom. The Morgan fingerprint density at radius 3 is 2.83 bits per heavy atom. The van der Waals surface area contributed by atoms with Gasteiger partial charge in [-0.3, -0.25) is 0 Å². The highest BCUT2D eigenvalue weighted by Crippen LogP contribution is 2.32. The van der Waals surface area contributed by atoms with Crippen LogP contribution in [0.25, 0.3) is 0 Å². The van der Waals surface area contributed by atoms with Crippen LogP contribution in [0.15, 0.2) is 18.2 Å². The summed E-state index contributed by atoms with van der Waals surface area (Å²) in [4.78, 5) is 0. The van der Waals surface area contributed by atoms with Crippen LogP contribution in [-0.2, 0) is 0 Å². The molecule has 1 aliphatic rings. The first-order chi connectivity index (χ1) is 8.58. The van der Waals surface area contributed by atoms with Crippen molar-refractivity contribution in [1.82, 2.24) is 0 Å². The summed E-state index contributed by atoms with van der Waals surface area (Å²) in [5.74, 6) is 0.712. The van der Waals surface area contributed by atoms with Crippen molar-refractivity contribution in [1.29, 1.82) is 0 Å². The number of benzene rings is 1. The van der Waals surface area contributed by atoms with Gasteiger partial charge in [-0.25, -0.2) is 4.39 Å². The van der Waals surface area contributed by atoms with Gasteiger partial charge in [-0.05, 0) is 38.2 Å². The van der Waals surface area contributed by atoms with Crippen LogP contribution in [0, 0.1) is 11.7 Å². The smallest absolute Gasteiger partial charge is 0.165 e. The van der Waals surface area contributed by atoms with Gasteiger partial charge in [0.15, 0.2) is 11.6 Å². The van der Waals surface area contributed by atoms with Crippen LogP contribution in [0.2, 0.25) is 0 Å². The summed E-state index contributed by atoms with van der Waals surface area (Å²) in [6.07, 6.45) is 4.55. The molecule has 3 atom stereocenters. The van der Waals surface area contributed by atoms with Crippen molar-refractivity contribution < 1.29 is 9.13 Å². The summed E-state index contributed by atoms with van der Waals surface area (Å²) in [5, 5.41) is 0. The molecule has 2 nitrogen and oxygen atoms in total. The fourth-order valence-corrected chi connectivity index (χ4v) is 2.66. The van der Waals surface area contributed by atoms with E-state index in [0.29, 0.717) is 11.7 Å². The van der Waals surface area contributed by atoms with Gasteiger partial charge < -0.3 is 10.5 Å². The minimum absolute atomic E-state index is 0.128. The zero-order valence-electron chi connectivity index (χ0n) is 11.2. The molecule has 0 bridgehead atoms. The van der Waals surface area contributed by atoms with Crippen LogP contribution in [0.3, 0.4) is 0 Å². The Morgan fingerprint density at radius 1 is 1.39 bits per heavy atom. The van der Waals surface area contributed by atoms with Gasteiger partial charge in [-0.1, -0.05) is 25.5 Å². The third-order valence-electron chi connectivity index (χ3n) is 3.66. The second kappa shape index (κ2) is 5.70. The number of para-hydroxylation sites is 1. The summed E-state index contributed by atoms with van der Waals surface area (Å²) in [7, 11) is 0. The topological polar surface area (TPSA) is 35.2 Å². The molecule has 2 rings (SSSR count). The zero-order chi connectivity index (χ0) is 13.1. The molecule has 100 valence electrons. The zero-order valence-corrected chi connectivity index (χ0v) is 11.2. The van der Waals surface area contributed by atoms with E-state index in [1.54, 1.807) is 6.07 Å². The van der Waals surface area contributed by atoms with Crippen LogP contribution >= 0.6 is 0 Å². The van der Waals surface area contributed by atoms with Gasteiger partial charge >= 0.3 is 0 Å². The predicted molar refractivity (Wildman–Crippen MR) is 71.1 cm³/mol. The average Bonchev–Trinajstić information content (AvgIpc) is 2.31. The van der Waals surface area contributed by atoms with Gasteiger partial charge in [-0.15, -0.1) is 0 Å². The van der Waals surface area contributed by atoms with E-state index >= 15 is 0 Å². The Labute approximate surface area is 108 Å². The van der Waals surface area contributed by atoms with Gasteiger partial charge in [0.1, 0.15) is 0 Å². The van der Waals surface area contributed by atoms with Gasteiger partial charge in [0.2, 0.25) is 0 Å². The van der Waals surface area contributed by atoms with Crippen LogP contribution in [0.5, 0.6) is 5.75 Å². The first-order valence-electron chi connectivity index (χ1n) is 6.78. The summed E-state index contributed by atoms with van der Waals surface area (Å²) < 4.78 is 19.8. The standard InChI is InChI=1S/C15H22FNO/c1-10-5-3-6-12(9-10)18-15-13(11(2)17)7-4-8-14(15)16/h4,7-8,10-12H,3,5-6,9,17H2,1-2H3. The Bertz CT molecular complexity index is 405. The second-order valence-corrected chi connectivity index (χ2v) is 5.46. The predicted octanol–water partition coefficient (Wildman–Crippen LogP) is 3.80. The molecule has 1 aliphatic carbocycles. The lowest BCUT2D eigenvalue weighted by molar-refractivity contribution is 0.122. The Balaban J connectivity index is 2.17.